The number of aromatic nitrogens is 2. The van der Waals surface area contributed by atoms with Crippen LogP contribution in [-0.4, -0.2) is 33.6 Å². The van der Waals surface area contributed by atoms with Crippen LogP contribution in [-0.2, 0) is 17.5 Å². The summed E-state index contributed by atoms with van der Waals surface area (Å²) in [6.45, 7) is -0.143. The molecule has 2 heterocycles. The normalized spacial score (nSPS) is 15.3. The molecule has 0 unspecified atom stereocenters. The van der Waals surface area contributed by atoms with Gasteiger partial charge in [0.1, 0.15) is 6.54 Å². The smallest absolute Gasteiger partial charge is 0.310 e. The number of nitrogens with zero attached hydrogens (tertiary/aromatic N) is 4. The number of halogens is 3. The van der Waals surface area contributed by atoms with Gasteiger partial charge < -0.3 is 4.90 Å². The van der Waals surface area contributed by atoms with E-state index in [-0.39, 0.29) is 18.9 Å². The van der Waals surface area contributed by atoms with E-state index in [4.69, 9.17) is 0 Å². The number of imide groups is 1. The predicted molar refractivity (Wildman–Crippen MR) is 76.8 cm³/mol. The van der Waals surface area contributed by atoms with Crippen molar-refractivity contribution in [2.75, 3.05) is 11.4 Å². The maximum atomic E-state index is 12.5. The number of urea groups is 1. The molecule has 0 radical (unpaired) electrons. The van der Waals surface area contributed by atoms with Crippen molar-refractivity contribution in [3.05, 3.63) is 53.7 Å². The van der Waals surface area contributed by atoms with Gasteiger partial charge in [0, 0.05) is 12.7 Å². The van der Waals surface area contributed by atoms with E-state index in [1.165, 1.54) is 29.3 Å². The Morgan fingerprint density at radius 3 is 2.38 bits per heavy atom. The van der Waals surface area contributed by atoms with Gasteiger partial charge in [-0.05, 0) is 29.8 Å². The maximum absolute atomic E-state index is 12.5. The van der Waals surface area contributed by atoms with Crippen LogP contribution in [0.5, 0.6) is 0 Å². The first kappa shape index (κ1) is 15.9. The number of hydrogen-bond acceptors (Lipinski definition) is 4. The van der Waals surface area contributed by atoms with Crippen molar-refractivity contribution in [1.82, 2.24) is 15.1 Å². The van der Waals surface area contributed by atoms with Crippen LogP contribution >= 0.6 is 0 Å². The number of hydrogen-bond donors (Lipinski definition) is 0. The fraction of sp³-hybridized carbons (Fsp3) is 0.200. The first-order valence-electron chi connectivity index (χ1n) is 6.92. The van der Waals surface area contributed by atoms with E-state index in [0.717, 1.165) is 17.0 Å². The molecule has 0 atom stereocenters. The molecular weight excluding hydrogens is 325 g/mol. The summed E-state index contributed by atoms with van der Waals surface area (Å²) in [5.41, 5.74) is -0.276. The molecular formula is C15H11F3N4O2. The molecule has 2 aromatic rings. The molecule has 1 aromatic carbocycles. The molecule has 6 nitrogen and oxygen atoms in total. The summed E-state index contributed by atoms with van der Waals surface area (Å²) in [5.74, 6) is -0.352. The molecule has 0 saturated carbocycles. The topological polar surface area (TPSA) is 66.4 Å². The van der Waals surface area contributed by atoms with Crippen molar-refractivity contribution < 1.29 is 22.8 Å². The minimum absolute atomic E-state index is 0.0273. The molecule has 1 saturated heterocycles. The molecule has 9 heteroatoms. The molecule has 1 aliphatic heterocycles. The third-order valence-electron chi connectivity index (χ3n) is 3.48. The zero-order valence-electron chi connectivity index (χ0n) is 12.2. The van der Waals surface area contributed by atoms with Crippen LogP contribution in [0.4, 0.5) is 23.8 Å². The highest BCUT2D eigenvalue weighted by Gasteiger charge is 2.38. The third-order valence-corrected chi connectivity index (χ3v) is 3.48. The zero-order valence-corrected chi connectivity index (χ0v) is 12.2. The molecule has 0 spiro atoms. The van der Waals surface area contributed by atoms with E-state index >= 15 is 0 Å². The van der Waals surface area contributed by atoms with Crippen LogP contribution < -0.4 is 4.90 Å². The Hall–Kier alpha value is -2.97. The molecule has 0 aliphatic carbocycles. The van der Waals surface area contributed by atoms with Crippen LogP contribution in [0.15, 0.2) is 42.6 Å². The summed E-state index contributed by atoms with van der Waals surface area (Å²) < 4.78 is 37.6. The average Bonchev–Trinajstić information content (AvgIpc) is 2.82. The molecule has 3 amide bonds. The van der Waals surface area contributed by atoms with E-state index in [9.17, 15) is 22.8 Å². The highest BCUT2D eigenvalue weighted by molar-refractivity contribution is 6.19. The quantitative estimate of drug-likeness (QED) is 0.808. The molecule has 1 aromatic heterocycles. The molecule has 0 N–H and O–H groups in total. The summed E-state index contributed by atoms with van der Waals surface area (Å²) in [7, 11) is 0. The van der Waals surface area contributed by atoms with E-state index in [1.54, 1.807) is 6.07 Å². The fourth-order valence-electron chi connectivity index (χ4n) is 2.33. The van der Waals surface area contributed by atoms with Crippen molar-refractivity contribution in [2.24, 2.45) is 0 Å². The van der Waals surface area contributed by atoms with Crippen LogP contribution in [0, 0.1) is 0 Å². The summed E-state index contributed by atoms with van der Waals surface area (Å²) in [4.78, 5) is 26.5. The summed E-state index contributed by atoms with van der Waals surface area (Å²) in [6.07, 6.45) is -3.00. The van der Waals surface area contributed by atoms with E-state index in [0.29, 0.717) is 5.56 Å². The van der Waals surface area contributed by atoms with Gasteiger partial charge in [-0.15, -0.1) is 5.10 Å². The van der Waals surface area contributed by atoms with Gasteiger partial charge in [0.2, 0.25) is 0 Å². The van der Waals surface area contributed by atoms with Gasteiger partial charge >= 0.3 is 12.2 Å². The van der Waals surface area contributed by atoms with Crippen LogP contribution in [0.2, 0.25) is 0 Å². The van der Waals surface area contributed by atoms with Gasteiger partial charge in [-0.3, -0.25) is 4.79 Å². The highest BCUT2D eigenvalue weighted by Crippen LogP contribution is 2.29. The largest absolute Gasteiger partial charge is 0.416 e. The van der Waals surface area contributed by atoms with Crippen LogP contribution in [0.3, 0.4) is 0 Å². The lowest BCUT2D eigenvalue weighted by atomic mass is 10.1. The minimum Gasteiger partial charge on any atom is -0.310 e. The molecule has 3 rings (SSSR count). The van der Waals surface area contributed by atoms with Gasteiger partial charge in [0.15, 0.2) is 5.82 Å². The first-order chi connectivity index (χ1) is 11.4. The number of carbonyl (C=O) groups is 2. The first-order valence-corrected chi connectivity index (χ1v) is 6.92. The number of anilines is 1. The Morgan fingerprint density at radius 1 is 1.08 bits per heavy atom. The predicted octanol–water partition coefficient (Wildman–Crippen LogP) is 2.46. The van der Waals surface area contributed by atoms with E-state index in [1.807, 2.05) is 0 Å². The number of alkyl halides is 3. The zero-order chi connectivity index (χ0) is 17.3. The van der Waals surface area contributed by atoms with Crippen molar-refractivity contribution in [1.29, 1.82) is 0 Å². The summed E-state index contributed by atoms with van der Waals surface area (Å²) >= 11 is 0. The van der Waals surface area contributed by atoms with Crippen molar-refractivity contribution in [2.45, 2.75) is 12.7 Å². The summed E-state index contributed by atoms with van der Waals surface area (Å²) in [5, 5.41) is 7.34. The molecule has 24 heavy (non-hydrogen) atoms. The maximum Gasteiger partial charge on any atom is 0.416 e. The highest BCUT2D eigenvalue weighted by atomic mass is 19.4. The lowest BCUT2D eigenvalue weighted by Crippen LogP contribution is -2.33. The Balaban J connectivity index is 1.75. The number of carbonyl (C=O) groups excluding carboxylic acids is 2. The van der Waals surface area contributed by atoms with E-state index < -0.39 is 23.7 Å². The second-order valence-corrected chi connectivity index (χ2v) is 5.14. The number of rotatable bonds is 3. The second kappa shape index (κ2) is 5.91. The molecule has 0 bridgehead atoms. The Labute approximate surface area is 134 Å². The van der Waals surface area contributed by atoms with Crippen molar-refractivity contribution >= 4 is 17.8 Å². The van der Waals surface area contributed by atoms with E-state index in [2.05, 4.69) is 10.2 Å². The van der Waals surface area contributed by atoms with Gasteiger partial charge in [-0.2, -0.15) is 18.3 Å². The fourth-order valence-corrected chi connectivity index (χ4v) is 2.33. The number of benzene rings is 1. The molecule has 1 aliphatic rings. The Kier molecular flexibility index (Phi) is 3.92. The summed E-state index contributed by atoms with van der Waals surface area (Å²) in [6, 6.07) is 6.89. The lowest BCUT2D eigenvalue weighted by molar-refractivity contribution is -0.137. The Bertz CT molecular complexity index is 763. The average molecular weight is 336 g/mol. The lowest BCUT2D eigenvalue weighted by Gasteiger charge is -2.16. The van der Waals surface area contributed by atoms with Crippen molar-refractivity contribution in [3.63, 3.8) is 0 Å². The standard InChI is InChI=1S/C15H11F3N4O2/c16-15(17,18)11-5-3-10(4-6-11)8-21-9-13(23)22(14(21)24)12-2-1-7-19-20-12/h1-7H,8-9H2. The van der Waals surface area contributed by atoms with Crippen molar-refractivity contribution in [3.8, 4) is 0 Å². The second-order valence-electron chi connectivity index (χ2n) is 5.14. The Morgan fingerprint density at radius 2 is 1.79 bits per heavy atom. The van der Waals surface area contributed by atoms with Gasteiger partial charge in [0.25, 0.3) is 5.91 Å². The molecule has 124 valence electrons. The SMILES string of the molecule is O=C1CN(Cc2ccc(C(F)(F)F)cc2)C(=O)N1c1cccnn1. The monoisotopic (exact) mass is 336 g/mol. The van der Waals surface area contributed by atoms with Gasteiger partial charge in [0.05, 0.1) is 5.56 Å². The van der Waals surface area contributed by atoms with Crippen LogP contribution in [0.1, 0.15) is 11.1 Å². The number of amides is 3. The minimum atomic E-state index is -4.42. The van der Waals surface area contributed by atoms with Gasteiger partial charge in [-0.25, -0.2) is 9.69 Å². The van der Waals surface area contributed by atoms with Gasteiger partial charge in [-0.1, -0.05) is 12.1 Å². The van der Waals surface area contributed by atoms with Crippen LogP contribution in [0.25, 0.3) is 0 Å². The molecule has 1 fully saturated rings. The third kappa shape index (κ3) is 3.05.